The fraction of sp³-hybridized carbons (Fsp3) is 0.0811. The van der Waals surface area contributed by atoms with Crippen molar-refractivity contribution in [3.63, 3.8) is 0 Å². The average molecular weight is 590 g/mol. The van der Waals surface area contributed by atoms with Gasteiger partial charge in [0.2, 0.25) is 0 Å². The Labute approximate surface area is 251 Å². The van der Waals surface area contributed by atoms with Gasteiger partial charge in [-0.2, -0.15) is 0 Å². The Balaban J connectivity index is 0.00000169. The van der Waals surface area contributed by atoms with Gasteiger partial charge in [0.25, 0.3) is 0 Å². The van der Waals surface area contributed by atoms with Crippen molar-refractivity contribution in [1.29, 1.82) is 0 Å². The van der Waals surface area contributed by atoms with Gasteiger partial charge in [0.05, 0.1) is 0 Å². The van der Waals surface area contributed by atoms with Crippen molar-refractivity contribution in [2.24, 2.45) is 0 Å². The summed E-state index contributed by atoms with van der Waals surface area (Å²) in [6, 6.07) is 49.4. The predicted octanol–water partition coefficient (Wildman–Crippen LogP) is 3.13. The number of halogens is 2. The van der Waals surface area contributed by atoms with E-state index in [1.54, 1.807) is 5.31 Å². The summed E-state index contributed by atoms with van der Waals surface area (Å²) < 4.78 is 1.04. The van der Waals surface area contributed by atoms with E-state index >= 15 is 0 Å². The first-order valence-corrected chi connectivity index (χ1v) is 16.8. The quantitative estimate of drug-likeness (QED) is 0.211. The van der Waals surface area contributed by atoms with Crippen LogP contribution >= 0.6 is 7.92 Å². The molecule has 0 heterocycles. The SMILES string of the molecule is CC1=Cc2c(-c3ccccc3)cccc2[CH]1[Ti+2][CH]1C(P(c2ccccc2)c2ccccc2)=Cc2ccccc21.[F-].[F-]. The van der Waals surface area contributed by atoms with Gasteiger partial charge in [-0.1, -0.05) is 0 Å². The Bertz CT molecular complexity index is 1660. The van der Waals surface area contributed by atoms with Crippen LogP contribution in [0.1, 0.15) is 37.6 Å². The third kappa shape index (κ3) is 5.45. The number of benzene rings is 5. The van der Waals surface area contributed by atoms with E-state index in [1.165, 1.54) is 49.6 Å². The van der Waals surface area contributed by atoms with E-state index < -0.39 is 27.1 Å². The molecule has 0 aromatic heterocycles. The van der Waals surface area contributed by atoms with Crippen LogP contribution in [-0.2, 0) is 19.2 Å². The monoisotopic (exact) mass is 590 g/mol. The van der Waals surface area contributed by atoms with Crippen molar-refractivity contribution < 1.29 is 28.6 Å². The molecule has 2 aliphatic carbocycles. The number of allylic oxidation sites excluding steroid dienone is 2. The third-order valence-corrected chi connectivity index (χ3v) is 14.0. The molecule has 0 N–H and O–H groups in total. The van der Waals surface area contributed by atoms with Crippen molar-refractivity contribution in [1.82, 2.24) is 0 Å². The maximum atomic E-state index is 2.55. The Morgan fingerprint density at radius 2 is 1.10 bits per heavy atom. The van der Waals surface area contributed by atoms with Crippen LogP contribution in [0, 0.1) is 0 Å². The van der Waals surface area contributed by atoms with Crippen LogP contribution in [-0.4, -0.2) is 0 Å². The molecule has 2 unspecified atom stereocenters. The minimum atomic E-state index is -0.609. The molecule has 0 saturated heterocycles. The molecule has 0 spiro atoms. The second-order valence-corrected chi connectivity index (χ2v) is 14.8. The zero-order chi connectivity index (χ0) is 26.2. The second-order valence-electron chi connectivity index (χ2n) is 10.3. The minimum absolute atomic E-state index is 0. The summed E-state index contributed by atoms with van der Waals surface area (Å²) in [4.78, 5) is 0. The first-order valence-electron chi connectivity index (χ1n) is 13.6. The normalized spacial score (nSPS) is 16.4. The molecule has 0 amide bonds. The molecule has 2 atom stereocenters. The number of rotatable bonds is 6. The number of hydrogen-bond donors (Lipinski definition) is 0. The van der Waals surface area contributed by atoms with Crippen molar-refractivity contribution in [2.75, 3.05) is 0 Å². The van der Waals surface area contributed by atoms with E-state index in [0.717, 1.165) is 0 Å². The fourth-order valence-electron chi connectivity index (χ4n) is 6.09. The van der Waals surface area contributed by atoms with Crippen LogP contribution in [0.15, 0.2) is 144 Å². The molecule has 41 heavy (non-hydrogen) atoms. The summed E-state index contributed by atoms with van der Waals surface area (Å²) in [5.74, 6) is 0. The number of hydrogen-bond acceptors (Lipinski definition) is 0. The summed E-state index contributed by atoms with van der Waals surface area (Å²) in [7, 11) is -0.609. The van der Waals surface area contributed by atoms with Gasteiger partial charge >= 0.3 is 243 Å². The molecule has 0 fully saturated rings. The first kappa shape index (κ1) is 29.1. The largest absolute Gasteiger partial charge is 1.00 e. The average Bonchev–Trinajstić information content (AvgIpc) is 3.52. The van der Waals surface area contributed by atoms with Crippen LogP contribution < -0.4 is 20.0 Å². The molecule has 0 aliphatic heterocycles. The maximum absolute atomic E-state index is 2.55. The molecule has 5 aromatic carbocycles. The summed E-state index contributed by atoms with van der Waals surface area (Å²) >= 11 is -0.446. The van der Waals surface area contributed by atoms with E-state index in [4.69, 9.17) is 0 Å². The molecule has 4 heteroatoms. The van der Waals surface area contributed by atoms with Gasteiger partial charge in [-0.3, -0.25) is 0 Å². The van der Waals surface area contributed by atoms with Gasteiger partial charge in [-0.25, -0.2) is 0 Å². The van der Waals surface area contributed by atoms with Crippen LogP contribution in [0.4, 0.5) is 0 Å². The van der Waals surface area contributed by atoms with Gasteiger partial charge in [-0.15, -0.1) is 0 Å². The molecule has 2 aliphatic rings. The third-order valence-electron chi connectivity index (χ3n) is 7.89. The molecule has 7 rings (SSSR count). The Hall–Kier alpha value is -3.42. The van der Waals surface area contributed by atoms with Crippen molar-refractivity contribution in [3.05, 3.63) is 167 Å². The number of fused-ring (bicyclic) bond motifs is 2. The van der Waals surface area contributed by atoms with Gasteiger partial charge in [0, 0.05) is 0 Å². The standard InChI is InChI=1S/C21H16P.C16H13.2FH.Ti/c1-3-11-19(12-4-1)22(20-13-5-2-6-14-20)21-15-17-9-7-8-10-18(17)16-21;1-12-10-14-8-5-9-15(16(14)11-12)13-6-3-2-4-7-13;;;/h1-16H;2-11H,1H3;2*1H;/q;;;;+2/p-2. The zero-order valence-corrected chi connectivity index (χ0v) is 25.2. The molecular formula is C37H29F2PTi. The predicted molar refractivity (Wildman–Crippen MR) is 165 cm³/mol. The van der Waals surface area contributed by atoms with Crippen LogP contribution in [0.3, 0.4) is 0 Å². The molecule has 200 valence electrons. The summed E-state index contributed by atoms with van der Waals surface area (Å²) in [6.07, 6.45) is 5.03. The molecule has 0 radical (unpaired) electrons. The smallest absolute Gasteiger partial charge is 1.00 e. The van der Waals surface area contributed by atoms with Crippen molar-refractivity contribution >= 4 is 30.7 Å². The van der Waals surface area contributed by atoms with Crippen LogP contribution in [0.2, 0.25) is 0 Å². The Morgan fingerprint density at radius 3 is 1.76 bits per heavy atom. The van der Waals surface area contributed by atoms with Gasteiger partial charge in [0.1, 0.15) is 0 Å². The molecular weight excluding hydrogens is 561 g/mol. The maximum Gasteiger partial charge on any atom is -1.00 e. The molecule has 0 saturated carbocycles. The van der Waals surface area contributed by atoms with E-state index in [9.17, 15) is 0 Å². The van der Waals surface area contributed by atoms with E-state index in [-0.39, 0.29) is 9.41 Å². The van der Waals surface area contributed by atoms with E-state index in [1.807, 2.05) is 0 Å². The second kappa shape index (κ2) is 12.6. The van der Waals surface area contributed by atoms with Crippen LogP contribution in [0.25, 0.3) is 23.3 Å². The van der Waals surface area contributed by atoms with Crippen molar-refractivity contribution in [3.8, 4) is 11.1 Å². The van der Waals surface area contributed by atoms with E-state index in [0.29, 0.717) is 8.45 Å². The summed E-state index contributed by atoms with van der Waals surface area (Å²) in [5.41, 5.74) is 10.1. The zero-order valence-electron chi connectivity index (χ0n) is 22.7. The molecule has 0 nitrogen and oxygen atoms in total. The van der Waals surface area contributed by atoms with Crippen LogP contribution in [0.5, 0.6) is 0 Å². The van der Waals surface area contributed by atoms with Gasteiger partial charge < -0.3 is 9.41 Å². The van der Waals surface area contributed by atoms with E-state index in [2.05, 4.69) is 153 Å². The topological polar surface area (TPSA) is 0 Å². The first-order chi connectivity index (χ1) is 19.3. The summed E-state index contributed by atoms with van der Waals surface area (Å²) in [6.45, 7) is 2.37. The van der Waals surface area contributed by atoms with Gasteiger partial charge in [-0.05, 0) is 0 Å². The van der Waals surface area contributed by atoms with Crippen molar-refractivity contribution in [2.45, 2.75) is 15.4 Å². The Kier molecular flexibility index (Phi) is 8.95. The van der Waals surface area contributed by atoms with Gasteiger partial charge in [0.15, 0.2) is 0 Å². The summed E-state index contributed by atoms with van der Waals surface area (Å²) in [5, 5.41) is 4.52. The minimum Gasteiger partial charge on any atom is -1.00 e. The molecule has 0 bridgehead atoms. The Morgan fingerprint density at radius 1 is 0.537 bits per heavy atom. The molecule has 5 aromatic rings. The fourth-order valence-corrected chi connectivity index (χ4v) is 12.3.